The van der Waals surface area contributed by atoms with Crippen LogP contribution in [-0.4, -0.2) is 48.4 Å². The summed E-state index contributed by atoms with van der Waals surface area (Å²) in [6, 6.07) is 5.56. The number of imidazole rings is 1. The van der Waals surface area contributed by atoms with Gasteiger partial charge < -0.3 is 9.47 Å². The number of piperidine rings is 1. The van der Waals surface area contributed by atoms with Crippen molar-refractivity contribution in [3.63, 3.8) is 0 Å². The fourth-order valence-electron chi connectivity index (χ4n) is 3.20. The second-order valence-corrected chi connectivity index (χ2v) is 8.52. The molecule has 1 aromatic carbocycles. The van der Waals surface area contributed by atoms with Gasteiger partial charge in [-0.25, -0.2) is 22.5 Å². The predicted molar refractivity (Wildman–Crippen MR) is 98.0 cm³/mol. The number of aromatic nitrogens is 2. The van der Waals surface area contributed by atoms with Gasteiger partial charge in [-0.1, -0.05) is 0 Å². The number of nitrogens with one attached hydrogen (secondary N) is 1. The molecule has 0 radical (unpaired) electrons. The first-order chi connectivity index (χ1) is 12.8. The average molecular weight is 394 g/mol. The molecule has 0 atom stereocenters. The Morgan fingerprint density at radius 1 is 1.26 bits per heavy atom. The summed E-state index contributed by atoms with van der Waals surface area (Å²) in [5, 5.41) is 0.0183. The zero-order chi connectivity index (χ0) is 19.4. The van der Waals surface area contributed by atoms with Gasteiger partial charge in [0.25, 0.3) is 15.9 Å². The topological polar surface area (TPSA) is 84.3 Å². The van der Waals surface area contributed by atoms with Crippen LogP contribution < -0.4 is 4.72 Å². The number of carbonyl (C=O) groups is 1. The number of hydrogen-bond acceptors (Lipinski definition) is 4. The van der Waals surface area contributed by atoms with Gasteiger partial charge in [-0.3, -0.25) is 4.79 Å². The number of aryl methyl sites for hydroxylation is 1. The van der Waals surface area contributed by atoms with Gasteiger partial charge in [0, 0.05) is 38.4 Å². The summed E-state index contributed by atoms with van der Waals surface area (Å²) in [5.41, 5.74) is 0.484. The van der Waals surface area contributed by atoms with Crippen molar-refractivity contribution < 1.29 is 17.6 Å². The molecule has 146 valence electrons. The first kappa shape index (κ1) is 19.5. The summed E-state index contributed by atoms with van der Waals surface area (Å²) in [4.78, 5) is 18.1. The summed E-state index contributed by atoms with van der Waals surface area (Å²) in [6.45, 7) is 1.58. The van der Waals surface area contributed by atoms with Gasteiger partial charge in [-0.05, 0) is 49.4 Å². The largest absolute Gasteiger partial charge is 0.339 e. The molecule has 1 aliphatic heterocycles. The van der Waals surface area contributed by atoms with E-state index in [0.29, 0.717) is 37.5 Å². The number of halogens is 1. The zero-order valence-electron chi connectivity index (χ0n) is 15.1. The van der Waals surface area contributed by atoms with E-state index in [4.69, 9.17) is 0 Å². The van der Waals surface area contributed by atoms with E-state index in [1.807, 2.05) is 0 Å². The van der Waals surface area contributed by atoms with Crippen molar-refractivity contribution in [2.24, 2.45) is 13.0 Å². The second kappa shape index (κ2) is 8.18. The first-order valence-electron chi connectivity index (χ1n) is 8.87. The summed E-state index contributed by atoms with van der Waals surface area (Å²) in [6.07, 6.45) is 5.26. The van der Waals surface area contributed by atoms with Crippen molar-refractivity contribution in [2.45, 2.75) is 24.3 Å². The molecular weight excluding hydrogens is 371 g/mol. The maximum absolute atomic E-state index is 13.0. The summed E-state index contributed by atoms with van der Waals surface area (Å²) < 4.78 is 41.4. The van der Waals surface area contributed by atoms with Crippen LogP contribution in [0.15, 0.2) is 41.8 Å². The van der Waals surface area contributed by atoms with E-state index < -0.39 is 10.0 Å². The third-order valence-electron chi connectivity index (χ3n) is 4.79. The Bertz CT molecular complexity index is 888. The highest BCUT2D eigenvalue weighted by atomic mass is 32.2. The minimum atomic E-state index is -3.58. The van der Waals surface area contributed by atoms with E-state index in [9.17, 15) is 17.6 Å². The summed E-state index contributed by atoms with van der Waals surface area (Å²) in [7, 11) is -1.87. The lowest BCUT2D eigenvalue weighted by Crippen LogP contribution is -2.39. The third kappa shape index (κ3) is 4.92. The molecule has 0 saturated carbocycles. The number of benzene rings is 1. The molecule has 27 heavy (non-hydrogen) atoms. The van der Waals surface area contributed by atoms with Crippen LogP contribution in [0.4, 0.5) is 4.39 Å². The number of likely N-dealkylation sites (tertiary alicyclic amines) is 1. The van der Waals surface area contributed by atoms with Crippen LogP contribution in [0.2, 0.25) is 0 Å². The molecule has 3 rings (SSSR count). The zero-order valence-corrected chi connectivity index (χ0v) is 16.0. The molecule has 0 unspecified atom stereocenters. The molecule has 0 bridgehead atoms. The van der Waals surface area contributed by atoms with Crippen molar-refractivity contribution >= 4 is 15.9 Å². The smallest absolute Gasteiger partial charge is 0.259 e. The van der Waals surface area contributed by atoms with Crippen LogP contribution in [0.3, 0.4) is 0 Å². The fraction of sp³-hybridized carbons (Fsp3) is 0.444. The Hall–Kier alpha value is -2.26. The van der Waals surface area contributed by atoms with Crippen LogP contribution in [0.25, 0.3) is 0 Å². The molecule has 0 aliphatic carbocycles. The molecule has 1 N–H and O–H groups in total. The fourth-order valence-corrected chi connectivity index (χ4v) is 4.22. The van der Waals surface area contributed by atoms with Crippen LogP contribution in [0, 0.1) is 11.7 Å². The molecule has 2 heterocycles. The SMILES string of the molecule is Cn1cnc(S(=O)(=O)NCCC2CCN(C(=O)c3ccc(F)cc3)CC2)c1. The highest BCUT2D eigenvalue weighted by Crippen LogP contribution is 2.22. The summed E-state index contributed by atoms with van der Waals surface area (Å²) >= 11 is 0. The van der Waals surface area contributed by atoms with E-state index in [-0.39, 0.29) is 16.8 Å². The van der Waals surface area contributed by atoms with Crippen molar-refractivity contribution in [2.75, 3.05) is 19.6 Å². The molecule has 1 aromatic heterocycles. The summed E-state index contributed by atoms with van der Waals surface area (Å²) in [5.74, 6) is -0.101. The van der Waals surface area contributed by atoms with E-state index >= 15 is 0 Å². The number of amides is 1. The van der Waals surface area contributed by atoms with Gasteiger partial charge in [0.15, 0.2) is 5.03 Å². The Morgan fingerprint density at radius 3 is 2.52 bits per heavy atom. The lowest BCUT2D eigenvalue weighted by Gasteiger charge is -2.32. The van der Waals surface area contributed by atoms with E-state index in [1.54, 1.807) is 16.5 Å². The second-order valence-electron chi connectivity index (χ2n) is 6.81. The lowest BCUT2D eigenvalue weighted by molar-refractivity contribution is 0.0687. The molecule has 1 amide bonds. The van der Waals surface area contributed by atoms with Gasteiger partial charge in [0.1, 0.15) is 5.82 Å². The van der Waals surface area contributed by atoms with Crippen LogP contribution in [0.5, 0.6) is 0 Å². The number of nitrogens with zero attached hydrogens (tertiary/aromatic N) is 3. The van der Waals surface area contributed by atoms with Crippen molar-refractivity contribution in [1.29, 1.82) is 0 Å². The van der Waals surface area contributed by atoms with E-state index in [1.165, 1.54) is 36.8 Å². The first-order valence-corrected chi connectivity index (χ1v) is 10.4. The molecule has 1 saturated heterocycles. The number of sulfonamides is 1. The van der Waals surface area contributed by atoms with Gasteiger partial charge in [-0.2, -0.15) is 0 Å². The number of hydrogen-bond donors (Lipinski definition) is 1. The molecule has 7 nitrogen and oxygen atoms in total. The third-order valence-corrected chi connectivity index (χ3v) is 6.14. The van der Waals surface area contributed by atoms with Crippen LogP contribution >= 0.6 is 0 Å². The van der Waals surface area contributed by atoms with E-state index in [0.717, 1.165) is 12.8 Å². The molecule has 2 aromatic rings. The molecule has 1 aliphatic rings. The van der Waals surface area contributed by atoms with Gasteiger partial charge in [-0.15, -0.1) is 0 Å². The van der Waals surface area contributed by atoms with Gasteiger partial charge >= 0.3 is 0 Å². The Kier molecular flexibility index (Phi) is 5.91. The number of carbonyl (C=O) groups excluding carboxylic acids is 1. The van der Waals surface area contributed by atoms with E-state index in [2.05, 4.69) is 9.71 Å². The minimum absolute atomic E-state index is 0.0183. The Morgan fingerprint density at radius 2 is 1.93 bits per heavy atom. The quantitative estimate of drug-likeness (QED) is 0.809. The van der Waals surface area contributed by atoms with Crippen LogP contribution in [-0.2, 0) is 17.1 Å². The average Bonchev–Trinajstić information content (AvgIpc) is 3.10. The predicted octanol–water partition coefficient (Wildman–Crippen LogP) is 1.78. The highest BCUT2D eigenvalue weighted by Gasteiger charge is 2.24. The van der Waals surface area contributed by atoms with Crippen molar-refractivity contribution in [3.8, 4) is 0 Å². The van der Waals surface area contributed by atoms with Gasteiger partial charge in [0.2, 0.25) is 0 Å². The van der Waals surface area contributed by atoms with Crippen molar-refractivity contribution in [1.82, 2.24) is 19.2 Å². The Labute approximate surface area is 158 Å². The maximum Gasteiger partial charge on any atom is 0.259 e. The molecular formula is C18H23FN4O3S. The minimum Gasteiger partial charge on any atom is -0.339 e. The molecule has 1 fully saturated rings. The van der Waals surface area contributed by atoms with Crippen LogP contribution in [0.1, 0.15) is 29.6 Å². The maximum atomic E-state index is 13.0. The molecule has 9 heteroatoms. The molecule has 0 spiro atoms. The highest BCUT2D eigenvalue weighted by molar-refractivity contribution is 7.89. The number of rotatable bonds is 6. The monoisotopic (exact) mass is 394 g/mol. The normalized spacial score (nSPS) is 15.9. The van der Waals surface area contributed by atoms with Crippen molar-refractivity contribution in [3.05, 3.63) is 48.2 Å². The standard InChI is InChI=1S/C18H23FN4O3S/c1-22-12-17(20-13-22)27(25,26)21-9-6-14-7-10-23(11-8-14)18(24)15-2-4-16(19)5-3-15/h2-5,12-14,21H,6-11H2,1H3. The Balaban J connectivity index is 1.44. The lowest BCUT2D eigenvalue weighted by atomic mass is 9.93. The van der Waals surface area contributed by atoms with Gasteiger partial charge in [0.05, 0.1) is 6.33 Å².